The van der Waals surface area contributed by atoms with Gasteiger partial charge in [0.1, 0.15) is 0 Å². The van der Waals surface area contributed by atoms with E-state index >= 15 is 0 Å². The molecule has 0 saturated heterocycles. The van der Waals surface area contributed by atoms with Gasteiger partial charge in [-0.2, -0.15) is 0 Å². The summed E-state index contributed by atoms with van der Waals surface area (Å²) in [5.74, 6) is -1.23. The van der Waals surface area contributed by atoms with Gasteiger partial charge in [-0.15, -0.1) is 0 Å². The van der Waals surface area contributed by atoms with Gasteiger partial charge in [0.05, 0.1) is 16.1 Å². The molecule has 0 heterocycles. The lowest BCUT2D eigenvalue weighted by atomic mass is 10.0. The topological polar surface area (TPSA) is 104 Å². The van der Waals surface area contributed by atoms with Crippen LogP contribution in [0.1, 0.15) is 37.0 Å². The third-order valence-electron chi connectivity index (χ3n) is 2.91. The predicted molar refractivity (Wildman–Crippen MR) is 81.8 cm³/mol. The van der Waals surface area contributed by atoms with Crippen LogP contribution < -0.4 is 4.72 Å². The molecule has 0 aliphatic rings. The van der Waals surface area contributed by atoms with Crippen LogP contribution in [0.4, 0.5) is 0 Å². The van der Waals surface area contributed by atoms with Crippen molar-refractivity contribution in [3.05, 3.63) is 28.2 Å². The van der Waals surface area contributed by atoms with Crippen molar-refractivity contribution in [2.75, 3.05) is 6.54 Å². The Morgan fingerprint density at radius 3 is 2.57 bits per heavy atom. The van der Waals surface area contributed by atoms with Gasteiger partial charge in [0.2, 0.25) is 10.0 Å². The molecule has 0 spiro atoms. The molecule has 0 aliphatic heterocycles. The minimum atomic E-state index is -3.88. The highest BCUT2D eigenvalue weighted by Gasteiger charge is 2.24. The van der Waals surface area contributed by atoms with Crippen LogP contribution in [0.2, 0.25) is 0 Å². The Morgan fingerprint density at radius 1 is 1.43 bits per heavy atom. The molecule has 0 saturated carbocycles. The number of sulfonamides is 1. The predicted octanol–water partition coefficient (Wildman–Crippen LogP) is 1.98. The second kappa shape index (κ2) is 6.87. The van der Waals surface area contributed by atoms with E-state index in [9.17, 15) is 18.3 Å². The molecule has 8 heteroatoms. The van der Waals surface area contributed by atoms with Crippen molar-refractivity contribution in [2.45, 2.75) is 37.2 Å². The zero-order chi connectivity index (χ0) is 16.3. The highest BCUT2D eigenvalue weighted by Crippen LogP contribution is 2.21. The van der Waals surface area contributed by atoms with Crippen LogP contribution in [0.25, 0.3) is 0 Å². The van der Waals surface area contributed by atoms with Gasteiger partial charge >= 0.3 is 5.97 Å². The number of aromatic carboxylic acids is 1. The Labute approximate surface area is 132 Å². The number of rotatable bonds is 7. The van der Waals surface area contributed by atoms with Crippen LogP contribution in [0.15, 0.2) is 27.6 Å². The minimum Gasteiger partial charge on any atom is -0.478 e. The maximum atomic E-state index is 12.1. The molecule has 1 aromatic rings. The van der Waals surface area contributed by atoms with Gasteiger partial charge < -0.3 is 10.2 Å². The zero-order valence-corrected chi connectivity index (χ0v) is 14.2. The van der Waals surface area contributed by atoms with Gasteiger partial charge in [-0.1, -0.05) is 13.3 Å². The maximum Gasteiger partial charge on any atom is 0.336 e. The summed E-state index contributed by atoms with van der Waals surface area (Å²) in [4.78, 5) is 10.9. The number of hydrogen-bond donors (Lipinski definition) is 3. The molecule has 0 aliphatic carbocycles. The van der Waals surface area contributed by atoms with Gasteiger partial charge in [0.25, 0.3) is 0 Å². The van der Waals surface area contributed by atoms with Crippen molar-refractivity contribution in [2.24, 2.45) is 0 Å². The first-order valence-electron chi connectivity index (χ1n) is 6.34. The summed E-state index contributed by atoms with van der Waals surface area (Å²) >= 11 is 3.05. The van der Waals surface area contributed by atoms with Crippen molar-refractivity contribution < 1.29 is 23.4 Å². The fourth-order valence-corrected chi connectivity index (χ4v) is 3.40. The summed E-state index contributed by atoms with van der Waals surface area (Å²) < 4.78 is 26.9. The van der Waals surface area contributed by atoms with Gasteiger partial charge in [0, 0.05) is 11.0 Å². The smallest absolute Gasteiger partial charge is 0.336 e. The minimum absolute atomic E-state index is 0.137. The van der Waals surface area contributed by atoms with E-state index in [-0.39, 0.29) is 17.0 Å². The Kier molecular flexibility index (Phi) is 5.92. The number of halogens is 1. The van der Waals surface area contributed by atoms with Crippen LogP contribution >= 0.6 is 15.9 Å². The second-order valence-electron chi connectivity index (χ2n) is 5.02. The molecule has 3 N–H and O–H groups in total. The molecular weight excluding hydrogens is 362 g/mol. The van der Waals surface area contributed by atoms with Crippen LogP contribution in [0.5, 0.6) is 0 Å². The van der Waals surface area contributed by atoms with Crippen LogP contribution in [-0.2, 0) is 10.0 Å². The van der Waals surface area contributed by atoms with Crippen molar-refractivity contribution in [1.29, 1.82) is 0 Å². The average Bonchev–Trinajstić information content (AvgIpc) is 2.36. The number of benzene rings is 1. The second-order valence-corrected chi connectivity index (χ2v) is 7.64. The molecule has 0 bridgehead atoms. The van der Waals surface area contributed by atoms with E-state index in [1.165, 1.54) is 12.1 Å². The van der Waals surface area contributed by atoms with E-state index in [0.717, 1.165) is 12.5 Å². The summed E-state index contributed by atoms with van der Waals surface area (Å²) in [5.41, 5.74) is -1.29. The van der Waals surface area contributed by atoms with Gasteiger partial charge in [-0.3, -0.25) is 0 Å². The number of hydrogen-bond acceptors (Lipinski definition) is 4. The number of carbonyl (C=O) groups is 1. The van der Waals surface area contributed by atoms with E-state index in [1.807, 2.05) is 6.92 Å². The maximum absolute atomic E-state index is 12.1. The Bertz CT molecular complexity index is 627. The highest BCUT2D eigenvalue weighted by molar-refractivity contribution is 9.10. The molecule has 6 nitrogen and oxygen atoms in total. The quantitative estimate of drug-likeness (QED) is 0.671. The first-order chi connectivity index (χ1) is 9.59. The largest absolute Gasteiger partial charge is 0.478 e. The number of carboxylic acids is 1. The molecule has 21 heavy (non-hydrogen) atoms. The van der Waals surface area contributed by atoms with E-state index in [1.54, 1.807) is 6.92 Å². The third kappa shape index (κ3) is 5.06. The molecule has 1 atom stereocenters. The number of carboxylic acid groups (broad SMARTS) is 1. The highest BCUT2D eigenvalue weighted by atomic mass is 79.9. The first kappa shape index (κ1) is 18.1. The fraction of sp³-hybridized carbons (Fsp3) is 0.462. The normalized spacial score (nSPS) is 14.7. The van der Waals surface area contributed by atoms with E-state index in [4.69, 9.17) is 5.11 Å². The first-order valence-corrected chi connectivity index (χ1v) is 8.61. The third-order valence-corrected chi connectivity index (χ3v) is 5.00. The van der Waals surface area contributed by atoms with Crippen LogP contribution in [0, 0.1) is 0 Å². The summed E-state index contributed by atoms with van der Waals surface area (Å²) in [6, 6.07) is 3.73. The van der Waals surface area contributed by atoms with Gasteiger partial charge in [-0.05, 0) is 47.5 Å². The lowest BCUT2D eigenvalue weighted by molar-refractivity contribution is 0.0554. The van der Waals surface area contributed by atoms with Crippen molar-refractivity contribution in [1.82, 2.24) is 4.72 Å². The summed E-state index contributed by atoms with van der Waals surface area (Å²) in [5, 5.41) is 19.0. The van der Waals surface area contributed by atoms with Crippen LogP contribution in [0.3, 0.4) is 0 Å². The summed E-state index contributed by atoms with van der Waals surface area (Å²) in [6.07, 6.45) is 1.17. The summed E-state index contributed by atoms with van der Waals surface area (Å²) in [7, 11) is -3.88. The van der Waals surface area contributed by atoms with E-state index in [2.05, 4.69) is 20.7 Å². The molecule has 1 aromatic carbocycles. The Hall–Kier alpha value is -0.960. The molecule has 1 unspecified atom stereocenters. The lowest BCUT2D eigenvalue weighted by Gasteiger charge is -2.22. The standard InChI is InChI=1S/C13H18BrNO5S/c1-3-6-13(2,18)8-15-21(19,20)9-4-5-11(14)10(7-9)12(16)17/h4-5,7,15,18H,3,6,8H2,1-2H3,(H,16,17). The van der Waals surface area contributed by atoms with Crippen LogP contribution in [-0.4, -0.2) is 36.7 Å². The lowest BCUT2D eigenvalue weighted by Crippen LogP contribution is -2.40. The monoisotopic (exact) mass is 379 g/mol. The Morgan fingerprint density at radius 2 is 2.05 bits per heavy atom. The fourth-order valence-electron chi connectivity index (χ4n) is 1.80. The number of nitrogens with one attached hydrogen (secondary N) is 1. The van der Waals surface area contributed by atoms with Gasteiger partial charge in [0.15, 0.2) is 0 Å². The van der Waals surface area contributed by atoms with Crippen molar-refractivity contribution in [3.8, 4) is 0 Å². The van der Waals surface area contributed by atoms with Crippen molar-refractivity contribution in [3.63, 3.8) is 0 Å². The molecule has 0 fully saturated rings. The molecule has 0 radical (unpaired) electrons. The molecule has 0 amide bonds. The summed E-state index contributed by atoms with van der Waals surface area (Å²) in [6.45, 7) is 3.29. The molecule has 118 valence electrons. The molecule has 1 rings (SSSR count). The Balaban J connectivity index is 2.99. The molecular formula is C13H18BrNO5S. The zero-order valence-electron chi connectivity index (χ0n) is 11.8. The average molecular weight is 380 g/mol. The number of aliphatic hydroxyl groups is 1. The van der Waals surface area contributed by atoms with E-state index in [0.29, 0.717) is 10.9 Å². The van der Waals surface area contributed by atoms with E-state index < -0.39 is 21.6 Å². The molecule has 0 aromatic heterocycles. The SMILES string of the molecule is CCCC(C)(O)CNS(=O)(=O)c1ccc(Br)c(C(=O)O)c1. The van der Waals surface area contributed by atoms with Crippen molar-refractivity contribution >= 4 is 31.9 Å². The van der Waals surface area contributed by atoms with Gasteiger partial charge in [-0.25, -0.2) is 17.9 Å².